The average molecular weight is 234 g/mol. The predicted molar refractivity (Wildman–Crippen MR) is 57.3 cm³/mol. The smallest absolute Gasteiger partial charge is 0.293 e. The fraction of sp³-hybridized carbons (Fsp3) is 0.100. The van der Waals surface area contributed by atoms with Crippen molar-refractivity contribution in [1.82, 2.24) is 15.4 Å². The van der Waals surface area contributed by atoms with E-state index in [-0.39, 0.29) is 5.69 Å². The highest BCUT2D eigenvalue weighted by atomic mass is 16.5. The van der Waals surface area contributed by atoms with Crippen molar-refractivity contribution in [3.05, 3.63) is 42.4 Å². The largest absolute Gasteiger partial charge is 0.447 e. The fourth-order valence-corrected chi connectivity index (χ4v) is 1.21. The highest BCUT2D eigenvalue weighted by Gasteiger charge is 2.05. The van der Waals surface area contributed by atoms with E-state index in [9.17, 15) is 4.79 Å². The number of amides is 1. The third-order valence-corrected chi connectivity index (χ3v) is 2.02. The molecule has 0 fully saturated rings. The van der Waals surface area contributed by atoms with E-state index in [4.69, 9.17) is 9.62 Å². The first-order valence-corrected chi connectivity index (χ1v) is 4.82. The highest BCUT2D eigenvalue weighted by molar-refractivity contribution is 5.91. The molecule has 0 aliphatic rings. The van der Waals surface area contributed by atoms with Crippen LogP contribution in [0.15, 0.2) is 35.2 Å². The number of hydrogen-bond acceptors (Lipinski definition) is 6. The van der Waals surface area contributed by atoms with Gasteiger partial charge in [-0.1, -0.05) is 0 Å². The van der Waals surface area contributed by atoms with E-state index in [1.54, 1.807) is 12.3 Å². The van der Waals surface area contributed by atoms with Gasteiger partial charge in [0.1, 0.15) is 12.0 Å². The molecule has 0 spiro atoms. The van der Waals surface area contributed by atoms with E-state index >= 15 is 0 Å². The second-order valence-electron chi connectivity index (χ2n) is 3.15. The molecule has 0 aliphatic heterocycles. The number of nitrogens with zero attached hydrogens (tertiary/aromatic N) is 2. The minimum atomic E-state index is -0.649. The molecular formula is C10H10N4O3. The maximum atomic E-state index is 11.0. The van der Waals surface area contributed by atoms with Crippen molar-refractivity contribution in [3.8, 4) is 0 Å². The number of oxazole rings is 1. The molecule has 0 saturated heterocycles. The van der Waals surface area contributed by atoms with Crippen LogP contribution < -0.4 is 10.8 Å². The van der Waals surface area contributed by atoms with Crippen molar-refractivity contribution in [1.29, 1.82) is 0 Å². The third-order valence-electron chi connectivity index (χ3n) is 2.02. The molecule has 1 amide bonds. The molecule has 0 aromatic carbocycles. The van der Waals surface area contributed by atoms with Gasteiger partial charge in [0.15, 0.2) is 0 Å². The van der Waals surface area contributed by atoms with Crippen molar-refractivity contribution in [2.45, 2.75) is 6.54 Å². The predicted octanol–water partition coefficient (Wildman–Crippen LogP) is 0.801. The van der Waals surface area contributed by atoms with E-state index in [2.05, 4.69) is 15.3 Å². The number of anilines is 1. The number of aromatic nitrogens is 2. The molecule has 2 heterocycles. The normalized spacial score (nSPS) is 9.94. The quantitative estimate of drug-likeness (QED) is 0.534. The number of carbonyl (C=O) groups excluding carboxylic acids is 1. The van der Waals surface area contributed by atoms with Gasteiger partial charge in [-0.25, -0.2) is 15.4 Å². The number of carbonyl (C=O) groups is 1. The average Bonchev–Trinajstić information content (AvgIpc) is 2.89. The van der Waals surface area contributed by atoms with Gasteiger partial charge in [-0.3, -0.25) is 10.0 Å². The molecule has 88 valence electrons. The molecule has 7 heteroatoms. The maximum Gasteiger partial charge on any atom is 0.293 e. The van der Waals surface area contributed by atoms with E-state index in [0.717, 1.165) is 5.69 Å². The van der Waals surface area contributed by atoms with Gasteiger partial charge in [-0.15, -0.1) is 0 Å². The van der Waals surface area contributed by atoms with E-state index in [1.807, 2.05) is 0 Å². The topological polar surface area (TPSA) is 100 Å². The zero-order valence-corrected chi connectivity index (χ0v) is 8.75. The third kappa shape index (κ3) is 2.79. The minimum Gasteiger partial charge on any atom is -0.447 e. The van der Waals surface area contributed by atoms with Crippen LogP contribution in [0.25, 0.3) is 0 Å². The van der Waals surface area contributed by atoms with Crippen LogP contribution in [-0.4, -0.2) is 21.1 Å². The zero-order chi connectivity index (χ0) is 12.1. The Labute approximate surface area is 96.5 Å². The van der Waals surface area contributed by atoms with Gasteiger partial charge in [0, 0.05) is 0 Å². The summed E-state index contributed by atoms with van der Waals surface area (Å²) in [5, 5.41) is 11.4. The highest BCUT2D eigenvalue weighted by Crippen LogP contribution is 2.07. The lowest BCUT2D eigenvalue weighted by Crippen LogP contribution is -2.19. The number of rotatable bonds is 4. The Kier molecular flexibility index (Phi) is 3.31. The Bertz CT molecular complexity index is 481. The second kappa shape index (κ2) is 5.08. The van der Waals surface area contributed by atoms with Crippen LogP contribution in [0.1, 0.15) is 16.4 Å². The summed E-state index contributed by atoms with van der Waals surface area (Å²) in [5.41, 5.74) is 2.36. The van der Waals surface area contributed by atoms with Gasteiger partial charge in [0.25, 0.3) is 5.91 Å². The van der Waals surface area contributed by atoms with Crippen LogP contribution in [0.5, 0.6) is 0 Å². The summed E-state index contributed by atoms with van der Waals surface area (Å²) in [6.07, 6.45) is 4.53. The Morgan fingerprint density at radius 3 is 2.88 bits per heavy atom. The maximum absolute atomic E-state index is 11.0. The summed E-state index contributed by atoms with van der Waals surface area (Å²) in [6.45, 7) is 0.431. The van der Waals surface area contributed by atoms with Crippen LogP contribution in [0.2, 0.25) is 0 Å². The number of nitrogens with one attached hydrogen (secondary N) is 2. The monoisotopic (exact) mass is 234 g/mol. The van der Waals surface area contributed by atoms with E-state index in [1.165, 1.54) is 24.0 Å². The lowest BCUT2D eigenvalue weighted by molar-refractivity contribution is 0.0701. The van der Waals surface area contributed by atoms with E-state index < -0.39 is 5.91 Å². The molecule has 7 nitrogen and oxygen atoms in total. The summed E-state index contributed by atoms with van der Waals surface area (Å²) in [5.74, 6) is -0.0913. The Balaban J connectivity index is 1.96. The molecule has 0 unspecified atom stereocenters. The zero-order valence-electron chi connectivity index (χ0n) is 8.75. The van der Waals surface area contributed by atoms with Crippen LogP contribution in [0.3, 0.4) is 0 Å². The molecule has 2 rings (SSSR count). The Morgan fingerprint density at radius 1 is 1.41 bits per heavy atom. The molecule has 0 radical (unpaired) electrons. The molecule has 0 bridgehead atoms. The van der Waals surface area contributed by atoms with Crippen LogP contribution in [-0.2, 0) is 6.54 Å². The first kappa shape index (κ1) is 11.1. The lowest BCUT2D eigenvalue weighted by atomic mass is 10.3. The molecule has 0 atom stereocenters. The Hall–Kier alpha value is -2.41. The molecule has 0 saturated carbocycles. The van der Waals surface area contributed by atoms with Crippen LogP contribution >= 0.6 is 0 Å². The van der Waals surface area contributed by atoms with Gasteiger partial charge in [-0.2, -0.15) is 0 Å². The minimum absolute atomic E-state index is 0.133. The summed E-state index contributed by atoms with van der Waals surface area (Å²) in [4.78, 5) is 18.8. The molecule has 17 heavy (non-hydrogen) atoms. The van der Waals surface area contributed by atoms with Gasteiger partial charge in [0.2, 0.25) is 5.89 Å². The standard InChI is InChI=1S/C10H10N4O3/c15-10(14-16)8-2-1-7(5-13-8)12-6-9-11-3-4-17-9/h1-5,12,16H,6H2,(H,14,15). The van der Waals surface area contributed by atoms with Crippen molar-refractivity contribution >= 4 is 11.6 Å². The van der Waals surface area contributed by atoms with Gasteiger partial charge >= 0.3 is 0 Å². The first-order valence-electron chi connectivity index (χ1n) is 4.82. The summed E-state index contributed by atoms with van der Waals surface area (Å²) < 4.78 is 5.04. The number of hydrogen-bond donors (Lipinski definition) is 3. The van der Waals surface area contributed by atoms with E-state index in [0.29, 0.717) is 12.4 Å². The SMILES string of the molecule is O=C(NO)c1ccc(NCc2ncco2)cn1. The summed E-state index contributed by atoms with van der Waals surface area (Å²) in [6, 6.07) is 3.16. The molecule has 0 aliphatic carbocycles. The van der Waals surface area contributed by atoms with Crippen LogP contribution in [0.4, 0.5) is 5.69 Å². The van der Waals surface area contributed by atoms with Gasteiger partial charge in [-0.05, 0) is 12.1 Å². The number of hydroxylamine groups is 1. The van der Waals surface area contributed by atoms with Crippen molar-refractivity contribution in [2.24, 2.45) is 0 Å². The van der Waals surface area contributed by atoms with Crippen molar-refractivity contribution in [2.75, 3.05) is 5.32 Å². The fourth-order valence-electron chi connectivity index (χ4n) is 1.21. The summed E-state index contributed by atoms with van der Waals surface area (Å²) >= 11 is 0. The second-order valence-corrected chi connectivity index (χ2v) is 3.15. The molecule has 3 N–H and O–H groups in total. The lowest BCUT2D eigenvalue weighted by Gasteiger charge is -2.03. The van der Waals surface area contributed by atoms with Gasteiger partial charge in [0.05, 0.1) is 24.6 Å². The van der Waals surface area contributed by atoms with Gasteiger partial charge < -0.3 is 9.73 Å². The molecule has 2 aromatic rings. The van der Waals surface area contributed by atoms with Crippen LogP contribution in [0, 0.1) is 0 Å². The molecule has 2 aromatic heterocycles. The Morgan fingerprint density at radius 2 is 2.29 bits per heavy atom. The van der Waals surface area contributed by atoms with Crippen molar-refractivity contribution < 1.29 is 14.4 Å². The van der Waals surface area contributed by atoms with Crippen molar-refractivity contribution in [3.63, 3.8) is 0 Å². The number of pyridine rings is 1. The molecular weight excluding hydrogens is 224 g/mol. The first-order chi connectivity index (χ1) is 8.29. The summed E-state index contributed by atoms with van der Waals surface area (Å²) in [7, 11) is 0.